The zero-order chi connectivity index (χ0) is 22.8. The van der Waals surface area contributed by atoms with Gasteiger partial charge in [0.1, 0.15) is 5.75 Å². The van der Waals surface area contributed by atoms with Gasteiger partial charge in [0.2, 0.25) is 5.96 Å². The molecule has 1 fully saturated rings. The molecule has 168 valence electrons. The Morgan fingerprint density at radius 3 is 2.59 bits per heavy atom. The fourth-order valence-electron chi connectivity index (χ4n) is 4.32. The number of nitrogens with zero attached hydrogens (tertiary/aromatic N) is 2. The fourth-order valence-corrected chi connectivity index (χ4v) is 4.32. The largest absolute Gasteiger partial charge is 0.494 e. The Balaban J connectivity index is 1.70. The van der Waals surface area contributed by atoms with Gasteiger partial charge in [0, 0.05) is 30.6 Å². The van der Waals surface area contributed by atoms with E-state index in [1.165, 1.54) is 5.56 Å². The number of rotatable bonds is 7. The van der Waals surface area contributed by atoms with Crippen molar-refractivity contribution in [3.8, 4) is 11.9 Å². The second-order valence-electron chi connectivity index (χ2n) is 8.02. The summed E-state index contributed by atoms with van der Waals surface area (Å²) in [5.41, 5.74) is 1.70. The third-order valence-corrected chi connectivity index (χ3v) is 6.06. The van der Waals surface area contributed by atoms with Crippen LogP contribution in [0.1, 0.15) is 48.5 Å². The summed E-state index contributed by atoms with van der Waals surface area (Å²) in [6, 6.07) is 17.9. The third-order valence-electron chi connectivity index (χ3n) is 6.06. The van der Waals surface area contributed by atoms with Crippen molar-refractivity contribution in [1.29, 1.82) is 5.26 Å². The van der Waals surface area contributed by atoms with Gasteiger partial charge in [-0.1, -0.05) is 36.4 Å². The fraction of sp³-hybridized carbons (Fsp3) is 0.400. The molecule has 1 aliphatic rings. The van der Waals surface area contributed by atoms with Crippen LogP contribution >= 0.6 is 0 Å². The summed E-state index contributed by atoms with van der Waals surface area (Å²) < 4.78 is 5.53. The highest BCUT2D eigenvalue weighted by Crippen LogP contribution is 2.39. The Morgan fingerprint density at radius 1 is 1.19 bits per heavy atom. The van der Waals surface area contributed by atoms with Crippen LogP contribution in [-0.4, -0.2) is 38.1 Å². The van der Waals surface area contributed by atoms with E-state index >= 15 is 0 Å². The lowest BCUT2D eigenvalue weighted by Crippen LogP contribution is -2.49. The Kier molecular flexibility index (Phi) is 8.09. The third kappa shape index (κ3) is 5.79. The lowest BCUT2D eigenvalue weighted by molar-refractivity contribution is 0.0934. The van der Waals surface area contributed by atoms with Crippen molar-refractivity contribution in [2.75, 3.05) is 20.2 Å². The minimum atomic E-state index is -0.140. The summed E-state index contributed by atoms with van der Waals surface area (Å²) in [5.74, 6) is 1.09. The monoisotopic (exact) mass is 433 g/mol. The van der Waals surface area contributed by atoms with Crippen molar-refractivity contribution in [3.05, 3.63) is 65.7 Å². The number of aliphatic imine (C=N–C) groups is 1. The summed E-state index contributed by atoms with van der Waals surface area (Å²) in [4.78, 5) is 17.0. The quantitative estimate of drug-likeness (QED) is 0.269. The number of benzene rings is 2. The van der Waals surface area contributed by atoms with Crippen molar-refractivity contribution in [2.24, 2.45) is 4.99 Å². The number of hydrogen-bond acceptors (Lipinski definition) is 4. The van der Waals surface area contributed by atoms with Gasteiger partial charge in [-0.2, -0.15) is 5.26 Å². The van der Waals surface area contributed by atoms with Crippen LogP contribution in [0.3, 0.4) is 0 Å². The van der Waals surface area contributed by atoms with Gasteiger partial charge in [0.15, 0.2) is 6.19 Å². The molecule has 0 atom stereocenters. The lowest BCUT2D eigenvalue weighted by Gasteiger charge is -2.41. The highest BCUT2D eigenvalue weighted by atomic mass is 16.5. The summed E-state index contributed by atoms with van der Waals surface area (Å²) in [5, 5.41) is 17.9. The number of nitriles is 1. The average molecular weight is 434 g/mol. The van der Waals surface area contributed by atoms with E-state index in [-0.39, 0.29) is 17.4 Å². The van der Waals surface area contributed by atoms with Crippen LogP contribution in [0.25, 0.3) is 0 Å². The molecule has 0 saturated heterocycles. The lowest BCUT2D eigenvalue weighted by atomic mass is 9.68. The van der Waals surface area contributed by atoms with E-state index in [2.05, 4.69) is 33.1 Å². The van der Waals surface area contributed by atoms with Crippen molar-refractivity contribution in [1.82, 2.24) is 16.0 Å². The van der Waals surface area contributed by atoms with Crippen LogP contribution in [-0.2, 0) is 5.41 Å². The van der Waals surface area contributed by atoms with E-state index in [0.29, 0.717) is 30.4 Å². The highest BCUT2D eigenvalue weighted by molar-refractivity contribution is 5.94. The summed E-state index contributed by atoms with van der Waals surface area (Å²) in [6.45, 7) is 3.05. The molecule has 2 aromatic carbocycles. The highest BCUT2D eigenvalue weighted by Gasteiger charge is 2.37. The molecule has 0 heterocycles. The maximum absolute atomic E-state index is 12.9. The van der Waals surface area contributed by atoms with Crippen molar-refractivity contribution in [2.45, 2.75) is 44.1 Å². The van der Waals surface area contributed by atoms with Gasteiger partial charge in [0.25, 0.3) is 5.91 Å². The van der Waals surface area contributed by atoms with Crippen molar-refractivity contribution >= 4 is 11.9 Å². The summed E-state index contributed by atoms with van der Waals surface area (Å²) >= 11 is 0. The average Bonchev–Trinajstić information content (AvgIpc) is 2.84. The minimum Gasteiger partial charge on any atom is -0.494 e. The van der Waals surface area contributed by atoms with Gasteiger partial charge in [-0.15, -0.1) is 0 Å². The second kappa shape index (κ2) is 11.2. The first-order chi connectivity index (χ1) is 15.6. The van der Waals surface area contributed by atoms with Crippen LogP contribution in [0.4, 0.5) is 0 Å². The summed E-state index contributed by atoms with van der Waals surface area (Å²) in [7, 11) is 1.65. The van der Waals surface area contributed by atoms with Crippen LogP contribution in [0.2, 0.25) is 0 Å². The summed E-state index contributed by atoms with van der Waals surface area (Å²) in [6.07, 6.45) is 5.57. The topological polar surface area (TPSA) is 98.5 Å². The predicted octanol–water partition coefficient (Wildman–Crippen LogP) is 3.34. The molecule has 2 aromatic rings. The number of guanidine groups is 1. The number of amides is 1. The Labute approximate surface area is 189 Å². The predicted molar refractivity (Wildman–Crippen MR) is 126 cm³/mol. The van der Waals surface area contributed by atoms with Gasteiger partial charge in [-0.3, -0.25) is 15.1 Å². The van der Waals surface area contributed by atoms with Crippen LogP contribution in [0.15, 0.2) is 59.6 Å². The van der Waals surface area contributed by atoms with Gasteiger partial charge in [-0.25, -0.2) is 0 Å². The molecule has 0 aliphatic heterocycles. The molecule has 7 heteroatoms. The van der Waals surface area contributed by atoms with E-state index < -0.39 is 0 Å². The maximum atomic E-state index is 12.9. The number of nitrogens with one attached hydrogen (secondary N) is 3. The zero-order valence-corrected chi connectivity index (χ0v) is 18.7. The molecule has 0 spiro atoms. The number of carbonyl (C=O) groups is 1. The molecule has 0 bridgehead atoms. The van der Waals surface area contributed by atoms with Crippen LogP contribution < -0.4 is 20.7 Å². The molecule has 7 nitrogen and oxygen atoms in total. The first-order valence-corrected chi connectivity index (χ1v) is 11.0. The Bertz CT molecular complexity index is 960. The molecule has 32 heavy (non-hydrogen) atoms. The molecule has 1 amide bonds. The second-order valence-corrected chi connectivity index (χ2v) is 8.02. The smallest absolute Gasteiger partial charge is 0.251 e. The van der Waals surface area contributed by atoms with Gasteiger partial charge >= 0.3 is 0 Å². The molecule has 1 aliphatic carbocycles. The zero-order valence-electron chi connectivity index (χ0n) is 18.7. The molecular formula is C25H31N5O2. The number of carbonyl (C=O) groups excluding carboxylic acids is 1. The molecule has 0 aromatic heterocycles. The van der Waals surface area contributed by atoms with E-state index in [9.17, 15) is 4.79 Å². The first-order valence-electron chi connectivity index (χ1n) is 11.0. The minimum absolute atomic E-state index is 0.0965. The molecule has 3 N–H and O–H groups in total. The van der Waals surface area contributed by atoms with E-state index in [0.717, 1.165) is 25.7 Å². The van der Waals surface area contributed by atoms with E-state index in [1.54, 1.807) is 13.1 Å². The Hall–Kier alpha value is -3.53. The number of hydrogen-bond donors (Lipinski definition) is 3. The first kappa shape index (κ1) is 23.1. The molecule has 0 unspecified atom stereocenters. The standard InChI is InChI=1S/C25H31N5O2/c1-3-32-22-11-7-8-19(16-22)23(31)28-17-25(20-9-5-4-6-10-20)14-12-21(13-15-25)30-24(27-2)29-18-26/h4-11,16,21H,3,12-15,17H2,1-2H3,(H,28,31)(H2,27,29,30). The molecule has 1 saturated carbocycles. The van der Waals surface area contributed by atoms with Crippen LogP contribution in [0.5, 0.6) is 5.75 Å². The van der Waals surface area contributed by atoms with Crippen molar-refractivity contribution < 1.29 is 9.53 Å². The van der Waals surface area contributed by atoms with Gasteiger partial charge in [0.05, 0.1) is 6.61 Å². The normalized spacial score (nSPS) is 20.7. The number of ether oxygens (including phenoxy) is 1. The Morgan fingerprint density at radius 2 is 1.94 bits per heavy atom. The van der Waals surface area contributed by atoms with Gasteiger partial charge < -0.3 is 15.4 Å². The molecule has 3 rings (SSSR count). The van der Waals surface area contributed by atoms with Gasteiger partial charge in [-0.05, 0) is 56.4 Å². The van der Waals surface area contributed by atoms with Crippen molar-refractivity contribution in [3.63, 3.8) is 0 Å². The van der Waals surface area contributed by atoms with E-state index in [1.807, 2.05) is 49.5 Å². The molecular weight excluding hydrogens is 402 g/mol. The maximum Gasteiger partial charge on any atom is 0.251 e. The van der Waals surface area contributed by atoms with Crippen LogP contribution in [0, 0.1) is 11.5 Å². The van der Waals surface area contributed by atoms with E-state index in [4.69, 9.17) is 10.00 Å². The molecule has 0 radical (unpaired) electrons. The SMILES string of the molecule is CCOc1cccc(C(=O)NCC2(c3ccccc3)CCC(NC(=NC)NC#N)CC2)c1.